The topological polar surface area (TPSA) is 59.0 Å². The molecule has 0 saturated carbocycles. The fourth-order valence-corrected chi connectivity index (χ4v) is 1.97. The molecule has 1 aromatic heterocycles. The van der Waals surface area contributed by atoms with Crippen molar-refractivity contribution in [3.63, 3.8) is 0 Å². The summed E-state index contributed by atoms with van der Waals surface area (Å²) in [6.07, 6.45) is 3.49. The predicted octanol–water partition coefficient (Wildman–Crippen LogP) is 3.07. The first-order chi connectivity index (χ1) is 9.51. The molecular formula is C15H20N4O. The van der Waals surface area contributed by atoms with E-state index in [1.807, 2.05) is 50.8 Å². The van der Waals surface area contributed by atoms with E-state index in [-0.39, 0.29) is 11.9 Å². The number of aryl methyl sites for hydroxylation is 1. The lowest BCUT2D eigenvalue weighted by atomic mass is 10.1. The molecule has 0 radical (unpaired) electrons. The summed E-state index contributed by atoms with van der Waals surface area (Å²) in [6.45, 7) is 6.05. The largest absolute Gasteiger partial charge is 0.388 e. The summed E-state index contributed by atoms with van der Waals surface area (Å²) in [5.74, 6) is -0.126. The lowest BCUT2D eigenvalue weighted by Gasteiger charge is -2.08. The van der Waals surface area contributed by atoms with Gasteiger partial charge >= 0.3 is 0 Å². The second kappa shape index (κ2) is 5.77. The van der Waals surface area contributed by atoms with Crippen LogP contribution < -0.4 is 10.6 Å². The van der Waals surface area contributed by atoms with Crippen molar-refractivity contribution >= 4 is 17.3 Å². The number of anilines is 2. The first-order valence-electron chi connectivity index (χ1n) is 6.65. The van der Waals surface area contributed by atoms with Crippen LogP contribution in [0.1, 0.15) is 35.8 Å². The molecule has 106 valence electrons. The summed E-state index contributed by atoms with van der Waals surface area (Å²) in [4.78, 5) is 12.2. The Kier molecular flexibility index (Phi) is 4.08. The molecule has 0 unspecified atom stereocenters. The molecule has 1 amide bonds. The van der Waals surface area contributed by atoms with Crippen molar-refractivity contribution in [1.29, 1.82) is 0 Å². The maximum atomic E-state index is 12.2. The molecular weight excluding hydrogens is 252 g/mol. The molecule has 0 aliphatic carbocycles. The van der Waals surface area contributed by atoms with Gasteiger partial charge in [0.25, 0.3) is 5.91 Å². The molecule has 20 heavy (non-hydrogen) atoms. The zero-order valence-corrected chi connectivity index (χ0v) is 12.3. The molecule has 2 N–H and O–H groups in total. The van der Waals surface area contributed by atoms with Gasteiger partial charge in [-0.2, -0.15) is 5.10 Å². The number of nitrogens with zero attached hydrogens (tertiary/aromatic N) is 2. The van der Waals surface area contributed by atoms with Crippen molar-refractivity contribution < 1.29 is 4.79 Å². The quantitative estimate of drug-likeness (QED) is 0.899. The number of aromatic nitrogens is 2. The van der Waals surface area contributed by atoms with Crippen LogP contribution in [0.5, 0.6) is 0 Å². The molecule has 0 bridgehead atoms. The van der Waals surface area contributed by atoms with Gasteiger partial charge in [0.1, 0.15) is 0 Å². The summed E-state index contributed by atoms with van der Waals surface area (Å²) in [7, 11) is 1.86. The molecule has 0 aliphatic rings. The van der Waals surface area contributed by atoms with Crippen LogP contribution in [-0.4, -0.2) is 22.7 Å². The Bertz CT molecular complexity index is 616. The predicted molar refractivity (Wildman–Crippen MR) is 81.3 cm³/mol. The van der Waals surface area contributed by atoms with E-state index in [9.17, 15) is 4.79 Å². The number of carbonyl (C=O) groups excluding carboxylic acids is 1. The van der Waals surface area contributed by atoms with E-state index < -0.39 is 0 Å². The van der Waals surface area contributed by atoms with Crippen LogP contribution in [0.3, 0.4) is 0 Å². The molecule has 0 atom stereocenters. The van der Waals surface area contributed by atoms with Gasteiger partial charge in [0.05, 0.1) is 11.9 Å². The molecule has 2 aromatic rings. The van der Waals surface area contributed by atoms with Crippen LogP contribution in [0.15, 0.2) is 30.6 Å². The molecule has 0 spiro atoms. The van der Waals surface area contributed by atoms with Crippen LogP contribution in [0, 0.1) is 6.92 Å². The second-order valence-corrected chi connectivity index (χ2v) is 5.04. The van der Waals surface area contributed by atoms with E-state index in [0.29, 0.717) is 11.3 Å². The molecule has 0 aliphatic heterocycles. The fraction of sp³-hybridized carbons (Fsp3) is 0.333. The molecule has 5 nitrogen and oxygen atoms in total. The van der Waals surface area contributed by atoms with Crippen LogP contribution >= 0.6 is 0 Å². The van der Waals surface area contributed by atoms with E-state index in [2.05, 4.69) is 15.7 Å². The third kappa shape index (κ3) is 2.99. The minimum absolute atomic E-state index is 0.126. The van der Waals surface area contributed by atoms with Gasteiger partial charge < -0.3 is 10.6 Å². The minimum atomic E-state index is -0.126. The first-order valence-corrected chi connectivity index (χ1v) is 6.65. The van der Waals surface area contributed by atoms with Gasteiger partial charge in [-0.15, -0.1) is 0 Å². The minimum Gasteiger partial charge on any atom is -0.388 e. The van der Waals surface area contributed by atoms with Crippen molar-refractivity contribution in [3.8, 4) is 0 Å². The third-order valence-corrected chi connectivity index (χ3v) is 3.15. The van der Waals surface area contributed by atoms with Gasteiger partial charge in [0, 0.05) is 30.5 Å². The average Bonchev–Trinajstić information content (AvgIpc) is 2.87. The highest BCUT2D eigenvalue weighted by Crippen LogP contribution is 2.17. The zero-order valence-electron chi connectivity index (χ0n) is 12.3. The van der Waals surface area contributed by atoms with E-state index in [4.69, 9.17) is 0 Å². The Labute approximate surface area is 119 Å². The summed E-state index contributed by atoms with van der Waals surface area (Å²) >= 11 is 0. The number of carbonyl (C=O) groups is 1. The third-order valence-electron chi connectivity index (χ3n) is 3.15. The highest BCUT2D eigenvalue weighted by molar-refractivity contribution is 6.04. The van der Waals surface area contributed by atoms with Crippen molar-refractivity contribution in [2.75, 3.05) is 17.7 Å². The lowest BCUT2D eigenvalue weighted by Crippen LogP contribution is -2.12. The second-order valence-electron chi connectivity index (χ2n) is 5.04. The van der Waals surface area contributed by atoms with E-state index in [1.54, 1.807) is 12.3 Å². The van der Waals surface area contributed by atoms with Gasteiger partial charge in [-0.25, -0.2) is 0 Å². The molecule has 1 heterocycles. The number of hydrogen-bond donors (Lipinski definition) is 2. The molecule has 2 rings (SSSR count). The van der Waals surface area contributed by atoms with Gasteiger partial charge in [0.15, 0.2) is 0 Å². The number of hydrogen-bond acceptors (Lipinski definition) is 3. The van der Waals surface area contributed by atoms with E-state index >= 15 is 0 Å². The summed E-state index contributed by atoms with van der Waals surface area (Å²) in [5, 5.41) is 10.1. The van der Waals surface area contributed by atoms with Crippen molar-refractivity contribution in [1.82, 2.24) is 9.78 Å². The van der Waals surface area contributed by atoms with Crippen LogP contribution in [-0.2, 0) is 0 Å². The Morgan fingerprint density at radius 1 is 1.35 bits per heavy atom. The average molecular weight is 272 g/mol. The standard InChI is InChI=1S/C15H20N4O/c1-10(2)19-9-13(8-17-19)18-15(20)12-5-6-14(16-4)11(3)7-12/h5-10,16H,1-4H3,(H,18,20). The van der Waals surface area contributed by atoms with E-state index in [1.165, 1.54) is 0 Å². The number of amides is 1. The summed E-state index contributed by atoms with van der Waals surface area (Å²) < 4.78 is 1.81. The highest BCUT2D eigenvalue weighted by atomic mass is 16.1. The molecule has 0 saturated heterocycles. The lowest BCUT2D eigenvalue weighted by molar-refractivity contribution is 0.102. The monoisotopic (exact) mass is 272 g/mol. The summed E-state index contributed by atoms with van der Waals surface area (Å²) in [5.41, 5.74) is 3.41. The van der Waals surface area contributed by atoms with E-state index in [0.717, 1.165) is 11.3 Å². The highest BCUT2D eigenvalue weighted by Gasteiger charge is 2.09. The maximum absolute atomic E-state index is 12.2. The Morgan fingerprint density at radius 2 is 2.10 bits per heavy atom. The van der Waals surface area contributed by atoms with Gasteiger partial charge in [0.2, 0.25) is 0 Å². The number of benzene rings is 1. The number of rotatable bonds is 4. The van der Waals surface area contributed by atoms with Crippen molar-refractivity contribution in [2.24, 2.45) is 0 Å². The zero-order chi connectivity index (χ0) is 14.7. The van der Waals surface area contributed by atoms with Crippen molar-refractivity contribution in [3.05, 3.63) is 41.7 Å². The van der Waals surface area contributed by atoms with Gasteiger partial charge in [-0.05, 0) is 44.5 Å². The maximum Gasteiger partial charge on any atom is 0.255 e. The van der Waals surface area contributed by atoms with Crippen LogP contribution in [0.25, 0.3) is 0 Å². The normalized spacial score (nSPS) is 10.7. The van der Waals surface area contributed by atoms with Crippen molar-refractivity contribution in [2.45, 2.75) is 26.8 Å². The van der Waals surface area contributed by atoms with Gasteiger partial charge in [-0.3, -0.25) is 9.48 Å². The SMILES string of the molecule is CNc1ccc(C(=O)Nc2cnn(C(C)C)c2)cc1C. The fourth-order valence-electron chi connectivity index (χ4n) is 1.97. The smallest absolute Gasteiger partial charge is 0.255 e. The molecule has 0 fully saturated rings. The van der Waals surface area contributed by atoms with Crippen LogP contribution in [0.4, 0.5) is 11.4 Å². The Balaban J connectivity index is 2.13. The first kappa shape index (κ1) is 14.1. The molecule has 5 heteroatoms. The summed E-state index contributed by atoms with van der Waals surface area (Å²) in [6, 6.07) is 5.86. The Hall–Kier alpha value is -2.30. The Morgan fingerprint density at radius 3 is 2.65 bits per heavy atom. The molecule has 1 aromatic carbocycles. The van der Waals surface area contributed by atoms with Crippen LogP contribution in [0.2, 0.25) is 0 Å². The van der Waals surface area contributed by atoms with Gasteiger partial charge in [-0.1, -0.05) is 0 Å². The number of nitrogens with one attached hydrogen (secondary N) is 2.